The lowest BCUT2D eigenvalue weighted by Crippen LogP contribution is -2.44. The number of hydrogen-bond acceptors (Lipinski definition) is 3. The number of ether oxygens (including phenoxy) is 1. The number of halogens is 2. The minimum Gasteiger partial charge on any atom is -0.480 e. The minimum absolute atomic E-state index is 0.0500. The molecule has 1 aromatic rings. The van der Waals surface area contributed by atoms with Gasteiger partial charge in [-0.3, -0.25) is 4.79 Å². The summed E-state index contributed by atoms with van der Waals surface area (Å²) in [5, 5.41) is 11.5. The van der Waals surface area contributed by atoms with Crippen molar-refractivity contribution in [1.29, 1.82) is 0 Å². The van der Waals surface area contributed by atoms with Crippen molar-refractivity contribution in [3.05, 3.63) is 29.8 Å². The first-order valence-corrected chi connectivity index (χ1v) is 6.85. The fraction of sp³-hybridized carbons (Fsp3) is 0.467. The zero-order chi connectivity index (χ0) is 16.7. The van der Waals surface area contributed by atoms with Crippen LogP contribution in [0.25, 0.3) is 0 Å². The highest BCUT2D eigenvalue weighted by Crippen LogP contribution is 2.15. The number of rotatable bonds is 8. The third-order valence-electron chi connectivity index (χ3n) is 3.04. The second kappa shape index (κ2) is 8.31. The predicted molar refractivity (Wildman–Crippen MR) is 75.8 cm³/mol. The molecular weight excluding hydrogens is 296 g/mol. The molecule has 2 N–H and O–H groups in total. The maximum atomic E-state index is 12.0. The van der Waals surface area contributed by atoms with Gasteiger partial charge in [0.25, 0.3) is 0 Å². The number of aliphatic carboxylic acids is 1. The Labute approximate surface area is 127 Å². The smallest absolute Gasteiger partial charge is 0.387 e. The molecule has 1 aromatic carbocycles. The van der Waals surface area contributed by atoms with E-state index < -0.39 is 18.6 Å². The minimum atomic E-state index is -2.87. The summed E-state index contributed by atoms with van der Waals surface area (Å²) >= 11 is 0. The van der Waals surface area contributed by atoms with Crippen LogP contribution in [0, 0.1) is 5.92 Å². The lowest BCUT2D eigenvalue weighted by Gasteiger charge is -2.17. The Morgan fingerprint density at radius 3 is 2.27 bits per heavy atom. The normalized spacial score (nSPS) is 12.3. The number of nitrogens with one attached hydrogen (secondary N) is 1. The number of benzene rings is 1. The number of hydrogen-bond donors (Lipinski definition) is 2. The molecule has 0 unspecified atom stereocenters. The van der Waals surface area contributed by atoms with Gasteiger partial charge in [-0.05, 0) is 30.0 Å². The van der Waals surface area contributed by atoms with E-state index in [-0.39, 0.29) is 24.0 Å². The molecule has 0 saturated heterocycles. The van der Waals surface area contributed by atoms with Gasteiger partial charge < -0.3 is 15.2 Å². The molecule has 22 heavy (non-hydrogen) atoms. The third kappa shape index (κ3) is 6.07. The number of carbonyl (C=O) groups excluding carboxylic acids is 1. The Morgan fingerprint density at radius 2 is 1.82 bits per heavy atom. The Morgan fingerprint density at radius 1 is 1.23 bits per heavy atom. The molecule has 1 rings (SSSR count). The van der Waals surface area contributed by atoms with Gasteiger partial charge in [0.2, 0.25) is 5.91 Å². The van der Waals surface area contributed by atoms with Crippen molar-refractivity contribution in [2.75, 3.05) is 0 Å². The third-order valence-corrected chi connectivity index (χ3v) is 3.04. The van der Waals surface area contributed by atoms with E-state index >= 15 is 0 Å². The molecule has 7 heteroatoms. The van der Waals surface area contributed by atoms with Crippen LogP contribution in [0.5, 0.6) is 5.75 Å². The van der Waals surface area contributed by atoms with Gasteiger partial charge in [-0.15, -0.1) is 0 Å². The van der Waals surface area contributed by atoms with Gasteiger partial charge in [-0.1, -0.05) is 26.0 Å². The van der Waals surface area contributed by atoms with Crippen LogP contribution in [-0.4, -0.2) is 29.6 Å². The summed E-state index contributed by atoms with van der Waals surface area (Å²) in [4.78, 5) is 22.7. The van der Waals surface area contributed by atoms with Gasteiger partial charge in [-0.25, -0.2) is 4.79 Å². The first-order valence-electron chi connectivity index (χ1n) is 6.85. The van der Waals surface area contributed by atoms with Crippen molar-refractivity contribution in [2.45, 2.75) is 39.3 Å². The van der Waals surface area contributed by atoms with E-state index in [1.807, 2.05) is 0 Å². The zero-order valence-electron chi connectivity index (χ0n) is 12.4. The van der Waals surface area contributed by atoms with Crippen LogP contribution in [0.15, 0.2) is 24.3 Å². The van der Waals surface area contributed by atoms with E-state index in [9.17, 15) is 18.4 Å². The molecule has 0 fully saturated rings. The standard InChI is InChI=1S/C15H19F2NO4/c1-9(2)13(14(20)21)18-12(19)8-5-10-3-6-11(7-4-10)22-15(16)17/h3-4,6-7,9,13,15H,5,8H2,1-2H3,(H,18,19)(H,20,21)/t13-/m0/s1. The van der Waals surface area contributed by atoms with Crippen molar-refractivity contribution in [3.8, 4) is 5.75 Å². The number of carboxylic acid groups (broad SMARTS) is 1. The molecule has 0 saturated carbocycles. The van der Waals surface area contributed by atoms with E-state index in [0.29, 0.717) is 6.42 Å². The van der Waals surface area contributed by atoms with Crippen LogP contribution in [0.2, 0.25) is 0 Å². The second-order valence-corrected chi connectivity index (χ2v) is 5.15. The first-order chi connectivity index (χ1) is 10.3. The monoisotopic (exact) mass is 315 g/mol. The van der Waals surface area contributed by atoms with Gasteiger partial charge in [-0.2, -0.15) is 8.78 Å². The zero-order valence-corrected chi connectivity index (χ0v) is 12.4. The van der Waals surface area contributed by atoms with Crippen LogP contribution < -0.4 is 10.1 Å². The van der Waals surface area contributed by atoms with Gasteiger partial charge >= 0.3 is 12.6 Å². The van der Waals surface area contributed by atoms with Gasteiger partial charge in [0.05, 0.1) is 0 Å². The average molecular weight is 315 g/mol. The van der Waals surface area contributed by atoms with E-state index in [1.54, 1.807) is 26.0 Å². The van der Waals surface area contributed by atoms with Crippen LogP contribution >= 0.6 is 0 Å². The van der Waals surface area contributed by atoms with Crippen molar-refractivity contribution in [3.63, 3.8) is 0 Å². The van der Waals surface area contributed by atoms with Crippen LogP contribution in [-0.2, 0) is 16.0 Å². The molecule has 0 aromatic heterocycles. The Bertz CT molecular complexity index is 503. The lowest BCUT2D eigenvalue weighted by molar-refractivity contribution is -0.143. The number of carbonyl (C=O) groups is 2. The lowest BCUT2D eigenvalue weighted by atomic mass is 10.0. The topological polar surface area (TPSA) is 75.6 Å². The molecule has 0 aliphatic heterocycles. The van der Waals surface area contributed by atoms with Gasteiger partial charge in [0, 0.05) is 6.42 Å². The first kappa shape index (κ1) is 17.9. The number of carboxylic acids is 1. The Hall–Kier alpha value is -2.18. The SMILES string of the molecule is CC(C)[C@H](NC(=O)CCc1ccc(OC(F)F)cc1)C(=O)O. The molecular formula is C15H19F2NO4. The molecule has 0 aliphatic rings. The quantitative estimate of drug-likeness (QED) is 0.772. The van der Waals surface area contributed by atoms with E-state index in [1.165, 1.54) is 12.1 Å². The highest BCUT2D eigenvalue weighted by Gasteiger charge is 2.22. The Balaban J connectivity index is 2.48. The second-order valence-electron chi connectivity index (χ2n) is 5.15. The van der Waals surface area contributed by atoms with Gasteiger partial charge in [0.1, 0.15) is 11.8 Å². The molecule has 0 heterocycles. The fourth-order valence-corrected chi connectivity index (χ4v) is 1.85. The summed E-state index contributed by atoms with van der Waals surface area (Å²) in [5.41, 5.74) is 0.771. The number of aryl methyl sites for hydroxylation is 1. The van der Waals surface area contributed by atoms with Crippen LogP contribution in [0.3, 0.4) is 0 Å². The summed E-state index contributed by atoms with van der Waals surface area (Å²) in [6, 6.07) is 5.04. The molecule has 0 bridgehead atoms. The molecule has 0 spiro atoms. The van der Waals surface area contributed by atoms with Crippen LogP contribution in [0.4, 0.5) is 8.78 Å². The van der Waals surface area contributed by atoms with Gasteiger partial charge in [0.15, 0.2) is 0 Å². The maximum absolute atomic E-state index is 12.0. The molecule has 5 nitrogen and oxygen atoms in total. The van der Waals surface area contributed by atoms with E-state index in [4.69, 9.17) is 5.11 Å². The van der Waals surface area contributed by atoms with E-state index in [2.05, 4.69) is 10.1 Å². The average Bonchev–Trinajstić information content (AvgIpc) is 2.42. The summed E-state index contributed by atoms with van der Waals surface area (Å²) in [6.45, 7) is 0.544. The highest BCUT2D eigenvalue weighted by molar-refractivity contribution is 5.83. The largest absolute Gasteiger partial charge is 0.480 e. The van der Waals surface area contributed by atoms with Crippen molar-refractivity contribution in [1.82, 2.24) is 5.32 Å². The summed E-state index contributed by atoms with van der Waals surface area (Å²) in [5.74, 6) is -1.60. The fourth-order valence-electron chi connectivity index (χ4n) is 1.85. The van der Waals surface area contributed by atoms with Crippen molar-refractivity contribution >= 4 is 11.9 Å². The van der Waals surface area contributed by atoms with Crippen LogP contribution in [0.1, 0.15) is 25.8 Å². The Kier molecular flexibility index (Phi) is 6.75. The predicted octanol–water partition coefficient (Wildman–Crippen LogP) is 2.45. The molecule has 1 amide bonds. The maximum Gasteiger partial charge on any atom is 0.387 e. The molecule has 0 aliphatic carbocycles. The number of alkyl halides is 2. The van der Waals surface area contributed by atoms with E-state index in [0.717, 1.165) is 5.56 Å². The number of amides is 1. The summed E-state index contributed by atoms with van der Waals surface area (Å²) in [6.07, 6.45) is 0.497. The molecule has 122 valence electrons. The van der Waals surface area contributed by atoms with Crippen molar-refractivity contribution < 1.29 is 28.2 Å². The summed E-state index contributed by atoms with van der Waals surface area (Å²) in [7, 11) is 0. The summed E-state index contributed by atoms with van der Waals surface area (Å²) < 4.78 is 28.2. The molecule has 1 atom stereocenters. The molecule has 0 radical (unpaired) electrons. The van der Waals surface area contributed by atoms with Crippen molar-refractivity contribution in [2.24, 2.45) is 5.92 Å². The highest BCUT2D eigenvalue weighted by atomic mass is 19.3.